The van der Waals surface area contributed by atoms with Crippen molar-refractivity contribution in [2.24, 2.45) is 12.0 Å². The molecule has 0 fully saturated rings. The second-order valence-corrected chi connectivity index (χ2v) is 6.28. The first-order chi connectivity index (χ1) is 13.2. The number of aliphatic imine (C=N–C) groups is 1. The van der Waals surface area contributed by atoms with Gasteiger partial charge in [0.1, 0.15) is 0 Å². The zero-order valence-electron chi connectivity index (χ0n) is 15.3. The Kier molecular flexibility index (Phi) is 6.43. The molecule has 1 aromatic carbocycles. The van der Waals surface area contributed by atoms with Crippen LogP contribution in [0.2, 0.25) is 5.02 Å². The van der Waals surface area contributed by atoms with Gasteiger partial charge in [-0.1, -0.05) is 28.9 Å². The highest BCUT2D eigenvalue weighted by Crippen LogP contribution is 2.19. The monoisotopic (exact) mass is 387 g/mol. The van der Waals surface area contributed by atoms with Crippen LogP contribution in [0, 0.1) is 0 Å². The van der Waals surface area contributed by atoms with Gasteiger partial charge in [-0.3, -0.25) is 4.68 Å². The van der Waals surface area contributed by atoms with Crippen LogP contribution in [-0.2, 0) is 20.0 Å². The molecule has 2 N–H and O–H groups in total. The van der Waals surface area contributed by atoms with Gasteiger partial charge in [-0.15, -0.1) is 0 Å². The molecular formula is C18H22ClN7O. The van der Waals surface area contributed by atoms with Gasteiger partial charge in [0.2, 0.25) is 11.7 Å². The average Bonchev–Trinajstić information content (AvgIpc) is 3.29. The minimum atomic E-state index is 0.532. The summed E-state index contributed by atoms with van der Waals surface area (Å²) in [5, 5.41) is 15.3. The fourth-order valence-electron chi connectivity index (χ4n) is 2.45. The van der Waals surface area contributed by atoms with E-state index >= 15 is 0 Å². The van der Waals surface area contributed by atoms with Gasteiger partial charge in [-0.05, 0) is 25.1 Å². The maximum atomic E-state index is 6.00. The molecule has 3 rings (SSSR count). The van der Waals surface area contributed by atoms with Gasteiger partial charge in [0.25, 0.3) is 0 Å². The molecule has 0 saturated heterocycles. The van der Waals surface area contributed by atoms with E-state index in [4.69, 9.17) is 16.1 Å². The lowest BCUT2D eigenvalue weighted by atomic mass is 10.2. The fraction of sp³-hybridized carbons (Fsp3) is 0.333. The number of nitrogens with zero attached hydrogens (tertiary/aromatic N) is 5. The minimum absolute atomic E-state index is 0.532. The van der Waals surface area contributed by atoms with Crippen LogP contribution in [0.3, 0.4) is 0 Å². The van der Waals surface area contributed by atoms with E-state index in [1.54, 1.807) is 6.20 Å². The summed E-state index contributed by atoms with van der Waals surface area (Å²) in [6.07, 6.45) is 2.35. The first-order valence-electron chi connectivity index (χ1n) is 8.73. The van der Waals surface area contributed by atoms with E-state index in [0.717, 1.165) is 23.8 Å². The molecule has 0 atom stereocenters. The molecule has 3 aromatic rings. The van der Waals surface area contributed by atoms with E-state index in [0.29, 0.717) is 36.2 Å². The van der Waals surface area contributed by atoms with Gasteiger partial charge in [-0.2, -0.15) is 10.1 Å². The molecule has 9 heteroatoms. The van der Waals surface area contributed by atoms with Crippen LogP contribution in [0.25, 0.3) is 11.4 Å². The van der Waals surface area contributed by atoms with Crippen LogP contribution in [0.5, 0.6) is 0 Å². The van der Waals surface area contributed by atoms with Crippen molar-refractivity contribution in [2.45, 2.75) is 19.9 Å². The number of guanidine groups is 1. The summed E-state index contributed by atoms with van der Waals surface area (Å²) in [6, 6.07) is 9.32. The van der Waals surface area contributed by atoms with Gasteiger partial charge in [0, 0.05) is 43.3 Å². The van der Waals surface area contributed by atoms with Crippen LogP contribution in [-0.4, -0.2) is 39.0 Å². The molecule has 0 bridgehead atoms. The van der Waals surface area contributed by atoms with Gasteiger partial charge in [0.15, 0.2) is 5.96 Å². The predicted molar refractivity (Wildman–Crippen MR) is 104 cm³/mol. The second-order valence-electron chi connectivity index (χ2n) is 5.84. The number of nitrogens with one attached hydrogen (secondary N) is 2. The molecular weight excluding hydrogens is 366 g/mol. The van der Waals surface area contributed by atoms with Gasteiger partial charge in [-0.25, -0.2) is 4.99 Å². The number of aryl methyl sites for hydroxylation is 1. The maximum Gasteiger partial charge on any atom is 0.228 e. The fourth-order valence-corrected chi connectivity index (χ4v) is 2.64. The molecule has 8 nitrogen and oxygen atoms in total. The standard InChI is InChI=1S/C18H22ClN7O/c1-3-20-18(22-12-15-7-10-23-26(15)2)21-9-8-16-24-17(25-27-16)13-5-4-6-14(19)11-13/h4-7,10-11H,3,8-9,12H2,1-2H3,(H2,20,21,22). The molecule has 2 aromatic heterocycles. The van der Waals surface area contributed by atoms with Gasteiger partial charge >= 0.3 is 0 Å². The van der Waals surface area contributed by atoms with Crippen molar-refractivity contribution in [1.82, 2.24) is 30.6 Å². The highest BCUT2D eigenvalue weighted by Gasteiger charge is 2.09. The summed E-state index contributed by atoms with van der Waals surface area (Å²) in [7, 11) is 1.90. The first kappa shape index (κ1) is 18.9. The topological polar surface area (TPSA) is 93.2 Å². The third-order valence-electron chi connectivity index (χ3n) is 3.85. The third kappa shape index (κ3) is 5.30. The number of rotatable bonds is 7. The molecule has 0 spiro atoms. The predicted octanol–water partition coefficient (Wildman–Crippen LogP) is 2.42. The SMILES string of the molecule is CCNC(=NCc1ccnn1C)NCCc1nc(-c2cccc(Cl)c2)no1. The Bertz CT molecular complexity index is 903. The maximum absolute atomic E-state index is 6.00. The van der Waals surface area contributed by atoms with Crippen molar-refractivity contribution in [3.8, 4) is 11.4 Å². The quantitative estimate of drug-likeness (QED) is 0.477. The van der Waals surface area contributed by atoms with Gasteiger partial charge < -0.3 is 15.2 Å². The van der Waals surface area contributed by atoms with Crippen molar-refractivity contribution in [1.29, 1.82) is 0 Å². The van der Waals surface area contributed by atoms with Crippen molar-refractivity contribution >= 4 is 17.6 Å². The smallest absolute Gasteiger partial charge is 0.228 e. The zero-order chi connectivity index (χ0) is 19.1. The van der Waals surface area contributed by atoms with Gasteiger partial charge in [0.05, 0.1) is 12.2 Å². The molecule has 142 valence electrons. The van der Waals surface area contributed by atoms with Crippen LogP contribution >= 0.6 is 11.6 Å². The van der Waals surface area contributed by atoms with Crippen molar-refractivity contribution in [3.05, 3.63) is 53.1 Å². The highest BCUT2D eigenvalue weighted by molar-refractivity contribution is 6.30. The molecule has 27 heavy (non-hydrogen) atoms. The molecule has 0 radical (unpaired) electrons. The number of aromatic nitrogens is 4. The Balaban J connectivity index is 1.55. The third-order valence-corrected chi connectivity index (χ3v) is 4.08. The summed E-state index contributed by atoms with van der Waals surface area (Å²) in [5.41, 5.74) is 1.87. The molecule has 0 saturated carbocycles. The number of hydrogen-bond donors (Lipinski definition) is 2. The van der Waals surface area contributed by atoms with Crippen LogP contribution in [0.1, 0.15) is 18.5 Å². The Morgan fingerprint density at radius 3 is 2.93 bits per heavy atom. The van der Waals surface area contributed by atoms with E-state index in [2.05, 4.69) is 30.9 Å². The van der Waals surface area contributed by atoms with E-state index in [1.807, 2.05) is 49.0 Å². The first-order valence-corrected chi connectivity index (χ1v) is 9.11. The lowest BCUT2D eigenvalue weighted by molar-refractivity contribution is 0.378. The van der Waals surface area contributed by atoms with E-state index in [-0.39, 0.29) is 0 Å². The molecule has 2 heterocycles. The Labute approximate surface area is 162 Å². The minimum Gasteiger partial charge on any atom is -0.357 e. The summed E-state index contributed by atoms with van der Waals surface area (Å²) in [5.74, 6) is 1.82. The lowest BCUT2D eigenvalue weighted by Crippen LogP contribution is -2.38. The van der Waals surface area contributed by atoms with E-state index in [9.17, 15) is 0 Å². The number of halogens is 1. The summed E-state index contributed by atoms with van der Waals surface area (Å²) in [4.78, 5) is 8.98. The normalized spacial score (nSPS) is 11.6. The molecule has 0 unspecified atom stereocenters. The molecule has 0 aliphatic heterocycles. The van der Waals surface area contributed by atoms with Crippen molar-refractivity contribution < 1.29 is 4.52 Å². The molecule has 0 amide bonds. The Morgan fingerprint density at radius 2 is 2.19 bits per heavy atom. The summed E-state index contributed by atoms with van der Waals surface area (Å²) >= 11 is 6.00. The lowest BCUT2D eigenvalue weighted by Gasteiger charge is -2.10. The summed E-state index contributed by atoms with van der Waals surface area (Å²) in [6.45, 7) is 3.97. The second kappa shape index (κ2) is 9.18. The summed E-state index contributed by atoms with van der Waals surface area (Å²) < 4.78 is 7.13. The van der Waals surface area contributed by atoms with E-state index in [1.165, 1.54) is 0 Å². The number of benzene rings is 1. The highest BCUT2D eigenvalue weighted by atomic mass is 35.5. The van der Waals surface area contributed by atoms with Crippen LogP contribution in [0.15, 0.2) is 46.0 Å². The van der Waals surface area contributed by atoms with Crippen molar-refractivity contribution in [2.75, 3.05) is 13.1 Å². The largest absolute Gasteiger partial charge is 0.357 e. The Hall–Kier alpha value is -2.87. The zero-order valence-corrected chi connectivity index (χ0v) is 16.1. The average molecular weight is 388 g/mol. The van der Waals surface area contributed by atoms with Crippen molar-refractivity contribution in [3.63, 3.8) is 0 Å². The number of hydrogen-bond acceptors (Lipinski definition) is 5. The van der Waals surface area contributed by atoms with E-state index < -0.39 is 0 Å². The Morgan fingerprint density at radius 1 is 1.30 bits per heavy atom. The molecule has 0 aliphatic carbocycles. The van der Waals surface area contributed by atoms with Crippen LogP contribution in [0.4, 0.5) is 0 Å². The van der Waals surface area contributed by atoms with Crippen LogP contribution < -0.4 is 10.6 Å². The molecule has 0 aliphatic rings.